The molecule has 13 nitrogen and oxygen atoms in total. The summed E-state index contributed by atoms with van der Waals surface area (Å²) in [6.45, 7) is 12.0. The molecule has 7 atom stereocenters. The zero-order chi connectivity index (χ0) is 39.7. The zero-order valence-corrected chi connectivity index (χ0v) is 34.3. The second-order valence-corrected chi connectivity index (χ2v) is 16.7. The van der Waals surface area contributed by atoms with Crippen molar-refractivity contribution in [2.45, 2.75) is 124 Å². The fourth-order valence-electron chi connectivity index (χ4n) is 7.67. The molecule has 0 radical (unpaired) electrons. The number of rotatable bonds is 19. The topological polar surface area (TPSA) is 161 Å². The first-order valence-corrected chi connectivity index (χ1v) is 20.3. The van der Waals surface area contributed by atoms with E-state index in [1.807, 2.05) is 27.8 Å². The van der Waals surface area contributed by atoms with Gasteiger partial charge in [0.15, 0.2) is 11.9 Å². The number of piperidine rings is 1. The Hall–Kier alpha value is -3.78. The number of carbonyl (C=O) groups excluding carboxylic acids is 5. The number of methoxy groups -OCH3 is 1. The molecular formula is C40H60N6O7S. The van der Waals surface area contributed by atoms with Gasteiger partial charge in [-0.15, -0.1) is 11.3 Å². The van der Waals surface area contributed by atoms with E-state index < -0.39 is 35.9 Å². The number of hydrogen-bond donors (Lipinski definition) is 1. The summed E-state index contributed by atoms with van der Waals surface area (Å²) in [5, 5.41) is 5.04. The van der Waals surface area contributed by atoms with Gasteiger partial charge in [-0.3, -0.25) is 28.9 Å². The predicted octanol–water partition coefficient (Wildman–Crippen LogP) is 5.36. The summed E-state index contributed by atoms with van der Waals surface area (Å²) in [5.74, 6) is -1.18. The minimum absolute atomic E-state index is 0.0154. The highest BCUT2D eigenvalue weighted by molar-refractivity contribution is 7.09. The molecule has 0 bridgehead atoms. The molecule has 2 fully saturated rings. The van der Waals surface area contributed by atoms with E-state index in [1.165, 1.54) is 25.4 Å². The van der Waals surface area contributed by atoms with Crippen LogP contribution in [-0.4, -0.2) is 100 Å². The Morgan fingerprint density at radius 3 is 2.31 bits per heavy atom. The Morgan fingerprint density at radius 2 is 1.72 bits per heavy atom. The Morgan fingerprint density at radius 1 is 1.04 bits per heavy atom. The van der Waals surface area contributed by atoms with E-state index in [-0.39, 0.29) is 60.1 Å². The zero-order valence-electron chi connectivity index (χ0n) is 33.5. The molecule has 2 aromatic heterocycles. The maximum atomic E-state index is 14.4. The summed E-state index contributed by atoms with van der Waals surface area (Å²) in [6.07, 6.45) is 8.71. The Kier molecular flexibility index (Phi) is 15.7. The van der Waals surface area contributed by atoms with Gasteiger partial charge in [0.1, 0.15) is 16.5 Å². The molecule has 1 aliphatic heterocycles. The quantitative estimate of drug-likeness (QED) is 0.183. The molecule has 2 amide bonds. The Bertz CT molecular complexity index is 1590. The maximum Gasteiger partial charge on any atom is 0.308 e. The number of likely N-dealkylation sites (tertiary alicyclic amines) is 1. The van der Waals surface area contributed by atoms with Crippen LogP contribution in [0.15, 0.2) is 17.8 Å². The molecule has 4 rings (SSSR count). The van der Waals surface area contributed by atoms with Crippen molar-refractivity contribution in [2.75, 3.05) is 27.7 Å². The SMILES string of the molecule is COC(=O)[C@@H](C)C[C@H](Cc1ncc(C)cn1)NC(=O)c1csc([C@@H](C[C@H](C(C)C)N(C)C(=O)[C@@H](CC(=O)[C@H]2CCCCN2C)[C@@H](C)C2CC2)OC(C)=O)n1. The van der Waals surface area contributed by atoms with Crippen LogP contribution in [-0.2, 0) is 35.1 Å². The van der Waals surface area contributed by atoms with Gasteiger partial charge in [-0.25, -0.2) is 15.0 Å². The third-order valence-corrected chi connectivity index (χ3v) is 12.1. The third kappa shape index (κ3) is 11.9. The van der Waals surface area contributed by atoms with E-state index in [0.29, 0.717) is 29.6 Å². The summed E-state index contributed by atoms with van der Waals surface area (Å²) >= 11 is 1.20. The number of ketones is 1. The van der Waals surface area contributed by atoms with Crippen molar-refractivity contribution in [1.29, 1.82) is 0 Å². The minimum Gasteiger partial charge on any atom is -0.469 e. The molecule has 0 aromatic carbocycles. The third-order valence-electron chi connectivity index (χ3n) is 11.1. The van der Waals surface area contributed by atoms with Gasteiger partial charge in [0.2, 0.25) is 5.91 Å². The van der Waals surface area contributed by atoms with Gasteiger partial charge in [0.25, 0.3) is 5.91 Å². The van der Waals surface area contributed by atoms with Crippen LogP contribution < -0.4 is 5.32 Å². The number of carbonyl (C=O) groups is 5. The molecule has 0 spiro atoms. The van der Waals surface area contributed by atoms with Gasteiger partial charge in [0.05, 0.1) is 19.1 Å². The first kappa shape index (κ1) is 43.0. The number of amides is 2. The number of aryl methyl sites for hydroxylation is 1. The number of nitrogens with zero attached hydrogens (tertiary/aromatic N) is 5. The molecule has 1 saturated heterocycles. The van der Waals surface area contributed by atoms with Gasteiger partial charge in [-0.2, -0.15) is 0 Å². The molecule has 2 aromatic rings. The number of aromatic nitrogens is 3. The average molecular weight is 769 g/mol. The highest BCUT2D eigenvalue weighted by Gasteiger charge is 2.42. The van der Waals surface area contributed by atoms with Crippen LogP contribution in [0, 0.1) is 36.5 Å². The van der Waals surface area contributed by atoms with Crippen molar-refractivity contribution in [3.8, 4) is 0 Å². The highest BCUT2D eigenvalue weighted by Crippen LogP contribution is 2.43. The second kappa shape index (κ2) is 19.7. The van der Waals surface area contributed by atoms with Gasteiger partial charge in [-0.1, -0.05) is 34.1 Å². The van der Waals surface area contributed by atoms with E-state index >= 15 is 0 Å². The first-order valence-electron chi connectivity index (χ1n) is 19.4. The van der Waals surface area contributed by atoms with Crippen LogP contribution in [0.3, 0.4) is 0 Å². The molecule has 298 valence electrons. The van der Waals surface area contributed by atoms with Crippen molar-refractivity contribution in [3.05, 3.63) is 39.9 Å². The van der Waals surface area contributed by atoms with Crippen LogP contribution in [0.1, 0.15) is 119 Å². The molecule has 1 aliphatic carbocycles. The summed E-state index contributed by atoms with van der Waals surface area (Å²) < 4.78 is 10.7. The first-order chi connectivity index (χ1) is 25.6. The molecule has 2 aliphatic rings. The lowest BCUT2D eigenvalue weighted by Gasteiger charge is -2.38. The van der Waals surface area contributed by atoms with Crippen molar-refractivity contribution >= 4 is 40.9 Å². The normalized spacial score (nSPS) is 19.6. The monoisotopic (exact) mass is 768 g/mol. The van der Waals surface area contributed by atoms with E-state index in [2.05, 4.69) is 32.1 Å². The molecule has 54 heavy (non-hydrogen) atoms. The lowest BCUT2D eigenvalue weighted by Crippen LogP contribution is -2.48. The number of thiazole rings is 1. The van der Waals surface area contributed by atoms with Crippen LogP contribution in [0.4, 0.5) is 0 Å². The molecule has 14 heteroatoms. The Balaban J connectivity index is 1.52. The van der Waals surface area contributed by atoms with Crippen LogP contribution >= 0.6 is 11.3 Å². The molecule has 0 unspecified atom stereocenters. The number of Topliss-reactive ketones (excluding diaryl/α,β-unsaturated/α-hetero) is 1. The molecule has 1 N–H and O–H groups in total. The number of likely N-dealkylation sites (N-methyl/N-ethyl adjacent to an activating group) is 1. The summed E-state index contributed by atoms with van der Waals surface area (Å²) in [4.78, 5) is 83.7. The van der Waals surface area contributed by atoms with Gasteiger partial charge < -0.3 is 19.7 Å². The number of esters is 2. The van der Waals surface area contributed by atoms with Crippen molar-refractivity contribution in [2.24, 2.45) is 29.6 Å². The van der Waals surface area contributed by atoms with Crippen molar-refractivity contribution < 1.29 is 33.4 Å². The standard InChI is InChI=1S/C40H60N6O7S/c1-23(2)33(46(8)39(50)30(26(5)28-13-14-28)18-34(48)32-12-10-11-15-45(32)7)19-35(53-27(6)47)38-44-31(22-54-38)37(49)43-29(16-25(4)40(51)52-9)17-36-41-20-24(3)21-42-36/h20-23,25-26,28-30,32-33,35H,10-19H2,1-9H3,(H,43,49)/t25-,26-,29+,30-,32+,33+,35+/m0/s1. The fraction of sp³-hybridized carbons (Fsp3) is 0.700. The number of hydrogen-bond acceptors (Lipinski definition) is 12. The van der Waals surface area contributed by atoms with Crippen molar-refractivity contribution in [1.82, 2.24) is 30.1 Å². The second-order valence-electron chi connectivity index (χ2n) is 15.8. The molecule has 1 saturated carbocycles. The molecular weight excluding hydrogens is 709 g/mol. The summed E-state index contributed by atoms with van der Waals surface area (Å²) in [7, 11) is 5.11. The Labute approximate surface area is 324 Å². The largest absolute Gasteiger partial charge is 0.469 e. The van der Waals surface area contributed by atoms with Crippen LogP contribution in [0.5, 0.6) is 0 Å². The lowest BCUT2D eigenvalue weighted by atomic mass is 9.81. The van der Waals surface area contributed by atoms with Gasteiger partial charge in [0, 0.05) is 69.0 Å². The number of ether oxygens (including phenoxy) is 2. The fourth-order valence-corrected chi connectivity index (χ4v) is 8.51. The summed E-state index contributed by atoms with van der Waals surface area (Å²) in [5.41, 5.74) is 1.04. The average Bonchev–Trinajstić information content (AvgIpc) is 3.87. The van der Waals surface area contributed by atoms with Crippen molar-refractivity contribution in [3.63, 3.8) is 0 Å². The smallest absolute Gasteiger partial charge is 0.308 e. The maximum absolute atomic E-state index is 14.4. The number of nitrogens with one attached hydrogen (secondary N) is 1. The van der Waals surface area contributed by atoms with Crippen LogP contribution in [0.25, 0.3) is 0 Å². The molecule has 3 heterocycles. The van der Waals surface area contributed by atoms with E-state index in [4.69, 9.17) is 9.47 Å². The van der Waals surface area contributed by atoms with Crippen LogP contribution in [0.2, 0.25) is 0 Å². The minimum atomic E-state index is -0.815. The van der Waals surface area contributed by atoms with E-state index in [9.17, 15) is 24.0 Å². The van der Waals surface area contributed by atoms with Gasteiger partial charge >= 0.3 is 11.9 Å². The van der Waals surface area contributed by atoms with E-state index in [1.54, 1.807) is 36.6 Å². The predicted molar refractivity (Wildman–Crippen MR) is 205 cm³/mol. The van der Waals surface area contributed by atoms with Gasteiger partial charge in [-0.05, 0) is 75.9 Å². The highest BCUT2D eigenvalue weighted by atomic mass is 32.1. The summed E-state index contributed by atoms with van der Waals surface area (Å²) in [6, 6.07) is -0.994. The van der Waals surface area contributed by atoms with E-state index in [0.717, 1.165) is 44.2 Å². The lowest BCUT2D eigenvalue weighted by molar-refractivity contribution is -0.150.